The number of morpholine rings is 1. The molecule has 1 fully saturated rings. The summed E-state index contributed by atoms with van der Waals surface area (Å²) in [5, 5.41) is 7.54. The van der Waals surface area contributed by atoms with Crippen molar-refractivity contribution in [3.8, 4) is 0 Å². The quantitative estimate of drug-likeness (QED) is 0.369. The molecule has 0 radical (unpaired) electrons. The molecule has 0 amide bonds. The lowest BCUT2D eigenvalue weighted by Crippen LogP contribution is -2.41. The zero-order valence-electron chi connectivity index (χ0n) is 22.6. The van der Waals surface area contributed by atoms with Crippen LogP contribution < -0.4 is 15.6 Å². The topological polar surface area (TPSA) is 87.6 Å². The Balaban J connectivity index is 0.00000186. The summed E-state index contributed by atoms with van der Waals surface area (Å²) in [5.74, 6) is 1.02. The monoisotopic (exact) mass is 507 g/mol. The Morgan fingerprint density at radius 3 is 2.73 bits per heavy atom. The number of anilines is 3. The van der Waals surface area contributed by atoms with Crippen LogP contribution >= 0.6 is 0 Å². The number of rotatable bonds is 7. The van der Waals surface area contributed by atoms with Gasteiger partial charge in [-0.2, -0.15) is 10.1 Å². The van der Waals surface area contributed by atoms with Crippen LogP contribution in [0, 0.1) is 12.8 Å². The molecule has 0 saturated carbocycles. The summed E-state index contributed by atoms with van der Waals surface area (Å²) in [6.07, 6.45) is 12.9. The van der Waals surface area contributed by atoms with Crippen molar-refractivity contribution in [1.82, 2.24) is 15.0 Å². The van der Waals surface area contributed by atoms with E-state index in [2.05, 4.69) is 42.6 Å². The van der Waals surface area contributed by atoms with Gasteiger partial charge in [-0.05, 0) is 52.0 Å². The van der Waals surface area contributed by atoms with Crippen molar-refractivity contribution >= 4 is 23.7 Å². The largest absolute Gasteiger partial charge is 0.375 e. The van der Waals surface area contributed by atoms with Crippen molar-refractivity contribution in [1.29, 1.82) is 0 Å². The van der Waals surface area contributed by atoms with Crippen LogP contribution in [-0.4, -0.2) is 52.6 Å². The highest BCUT2D eigenvalue weighted by atomic mass is 19.1. The smallest absolute Gasteiger partial charge is 0.245 e. The minimum Gasteiger partial charge on any atom is -0.375 e. The molecule has 9 heteroatoms. The lowest BCUT2D eigenvalue weighted by molar-refractivity contribution is 0.0529. The summed E-state index contributed by atoms with van der Waals surface area (Å²) in [5.41, 5.74) is 4.83. The van der Waals surface area contributed by atoms with Gasteiger partial charge in [0.1, 0.15) is 11.5 Å². The highest BCUT2D eigenvalue weighted by Crippen LogP contribution is 2.26. The minimum absolute atomic E-state index is 0.169. The number of hydrogen-bond acceptors (Lipinski definition) is 8. The maximum atomic E-state index is 14.2. The molecule has 2 aromatic heterocycles. The maximum Gasteiger partial charge on any atom is 0.245 e. The number of hydrogen-bond donors (Lipinski definition) is 2. The number of nitrogens with zero attached hydrogens (tertiary/aromatic N) is 5. The summed E-state index contributed by atoms with van der Waals surface area (Å²) in [6.45, 7) is 13.4. The van der Waals surface area contributed by atoms with Crippen LogP contribution in [0.25, 0.3) is 0 Å². The lowest BCUT2D eigenvalue weighted by Gasteiger charge is -2.32. The molecule has 1 saturated heterocycles. The molecule has 2 atom stereocenters. The SMILES string of the molecule is CC.Cc1cc(N2CCOC(C)C2)nc(N/N=C/c2ccc(NC3=CC=CC(C(C)(C)F)C=C3)cn2)n1. The zero-order chi connectivity index (χ0) is 26.8. The fourth-order valence-electron chi connectivity index (χ4n) is 3.82. The van der Waals surface area contributed by atoms with Crippen molar-refractivity contribution in [2.75, 3.05) is 35.3 Å². The molecule has 1 aliphatic carbocycles. The molecule has 0 bridgehead atoms. The van der Waals surface area contributed by atoms with Crippen molar-refractivity contribution in [2.45, 2.75) is 53.3 Å². The van der Waals surface area contributed by atoms with Crippen molar-refractivity contribution in [2.24, 2.45) is 11.0 Å². The van der Waals surface area contributed by atoms with Crippen LogP contribution in [0.2, 0.25) is 0 Å². The van der Waals surface area contributed by atoms with Gasteiger partial charge < -0.3 is 15.0 Å². The van der Waals surface area contributed by atoms with E-state index in [-0.39, 0.29) is 12.0 Å². The third-order valence-corrected chi connectivity index (χ3v) is 5.71. The van der Waals surface area contributed by atoms with Crippen molar-refractivity contribution in [3.05, 3.63) is 71.9 Å². The average molecular weight is 508 g/mol. The van der Waals surface area contributed by atoms with Gasteiger partial charge in [-0.1, -0.05) is 32.1 Å². The number of aryl methyl sites for hydroxylation is 1. The average Bonchev–Trinajstić information content (AvgIpc) is 3.12. The van der Waals surface area contributed by atoms with Gasteiger partial charge in [0.2, 0.25) is 5.95 Å². The summed E-state index contributed by atoms with van der Waals surface area (Å²) in [4.78, 5) is 15.6. The molecule has 2 unspecified atom stereocenters. The fourth-order valence-corrected chi connectivity index (χ4v) is 3.82. The number of alkyl halides is 1. The predicted octanol–water partition coefficient (Wildman–Crippen LogP) is 5.66. The molecule has 2 aromatic rings. The molecule has 0 aromatic carbocycles. The first-order valence-electron chi connectivity index (χ1n) is 12.8. The number of hydrazone groups is 1. The van der Waals surface area contributed by atoms with Crippen molar-refractivity contribution < 1.29 is 9.13 Å². The molecule has 8 nitrogen and oxygen atoms in total. The first kappa shape index (κ1) is 28.0. The second kappa shape index (κ2) is 13.1. The Morgan fingerprint density at radius 1 is 1.22 bits per heavy atom. The molecule has 37 heavy (non-hydrogen) atoms. The van der Waals surface area contributed by atoms with Crippen LogP contribution in [0.5, 0.6) is 0 Å². The minimum atomic E-state index is -1.31. The summed E-state index contributed by atoms with van der Waals surface area (Å²) in [7, 11) is 0. The van der Waals surface area contributed by atoms with E-state index in [1.165, 1.54) is 0 Å². The molecule has 4 rings (SSSR count). The number of allylic oxidation sites excluding steroid dienone is 5. The van der Waals surface area contributed by atoms with Crippen LogP contribution in [0.4, 0.5) is 21.8 Å². The van der Waals surface area contributed by atoms with Gasteiger partial charge in [-0.15, -0.1) is 0 Å². The summed E-state index contributed by atoms with van der Waals surface area (Å²) < 4.78 is 19.8. The third-order valence-electron chi connectivity index (χ3n) is 5.71. The Morgan fingerprint density at radius 2 is 2.03 bits per heavy atom. The molecule has 2 N–H and O–H groups in total. The van der Waals surface area contributed by atoms with Crippen molar-refractivity contribution in [3.63, 3.8) is 0 Å². The second-order valence-corrected chi connectivity index (χ2v) is 9.24. The van der Waals surface area contributed by atoms with E-state index in [1.54, 1.807) is 26.3 Å². The van der Waals surface area contributed by atoms with Crippen LogP contribution in [0.1, 0.15) is 46.0 Å². The molecule has 2 aliphatic rings. The number of halogens is 1. The summed E-state index contributed by atoms with van der Waals surface area (Å²) in [6, 6.07) is 5.73. The predicted molar refractivity (Wildman–Crippen MR) is 150 cm³/mol. The number of aromatic nitrogens is 3. The Kier molecular flexibility index (Phi) is 9.91. The van der Waals surface area contributed by atoms with Crippen LogP contribution in [0.3, 0.4) is 0 Å². The zero-order valence-corrected chi connectivity index (χ0v) is 22.6. The third kappa shape index (κ3) is 8.49. The standard InChI is InChI=1S/C26H32FN7O.C2H6/c1-18-14-24(34-12-13-35-19(2)17-34)32-25(30-18)33-29-16-22-10-11-23(15-28-22)31-21-7-5-6-20(8-9-21)26(3,4)27;1-2/h5-11,14-16,19-20,31H,12-13,17H2,1-4H3,(H,30,32,33);1-2H3/b29-16+;. The van der Waals surface area contributed by atoms with Gasteiger partial charge in [0, 0.05) is 36.5 Å². The van der Waals surface area contributed by atoms with E-state index in [4.69, 9.17) is 4.74 Å². The van der Waals surface area contributed by atoms with Gasteiger partial charge in [0.25, 0.3) is 0 Å². The summed E-state index contributed by atoms with van der Waals surface area (Å²) >= 11 is 0. The second-order valence-electron chi connectivity index (χ2n) is 9.24. The fraction of sp³-hybridized carbons (Fsp3) is 0.429. The van der Waals surface area contributed by atoms with E-state index in [9.17, 15) is 4.39 Å². The van der Waals surface area contributed by atoms with E-state index in [0.717, 1.165) is 36.0 Å². The Labute approximate surface area is 219 Å². The van der Waals surface area contributed by atoms with E-state index in [0.29, 0.717) is 18.2 Å². The molecule has 0 spiro atoms. The molecular formula is C28H38FN7O. The highest BCUT2D eigenvalue weighted by Gasteiger charge is 2.25. The Hall–Kier alpha value is -3.59. The van der Waals surface area contributed by atoms with E-state index >= 15 is 0 Å². The maximum absolute atomic E-state index is 14.2. The van der Waals surface area contributed by atoms with Gasteiger partial charge in [-0.25, -0.2) is 14.8 Å². The molecule has 1 aliphatic heterocycles. The molecular weight excluding hydrogens is 469 g/mol. The molecule has 198 valence electrons. The number of nitrogens with one attached hydrogen (secondary N) is 2. The first-order chi connectivity index (χ1) is 17.8. The Bertz CT molecular complexity index is 1140. The van der Waals surface area contributed by atoms with Gasteiger partial charge in [-0.3, -0.25) is 4.98 Å². The van der Waals surface area contributed by atoms with Gasteiger partial charge in [0.05, 0.1) is 36.5 Å². The van der Waals surface area contributed by atoms with Crippen LogP contribution in [0.15, 0.2) is 65.6 Å². The van der Waals surface area contributed by atoms with E-state index in [1.807, 2.05) is 69.4 Å². The van der Waals surface area contributed by atoms with Crippen LogP contribution in [-0.2, 0) is 4.74 Å². The number of ether oxygens (including phenoxy) is 1. The van der Waals surface area contributed by atoms with E-state index < -0.39 is 5.67 Å². The normalized spacial score (nSPS) is 19.6. The van der Waals surface area contributed by atoms with Gasteiger partial charge >= 0.3 is 0 Å². The highest BCUT2D eigenvalue weighted by molar-refractivity contribution is 5.78. The first-order valence-corrected chi connectivity index (χ1v) is 12.8. The lowest BCUT2D eigenvalue weighted by atomic mass is 9.92. The number of pyridine rings is 1. The molecule has 3 heterocycles. The van der Waals surface area contributed by atoms with Gasteiger partial charge in [0.15, 0.2) is 0 Å².